The van der Waals surface area contributed by atoms with E-state index in [2.05, 4.69) is 79.7 Å². The number of aryl methyl sites for hydroxylation is 1. The van der Waals surface area contributed by atoms with Crippen molar-refractivity contribution in [3.05, 3.63) is 58.7 Å². The predicted molar refractivity (Wildman–Crippen MR) is 125 cm³/mol. The maximum absolute atomic E-state index is 2.65. The third-order valence-corrected chi connectivity index (χ3v) is 6.72. The molecule has 0 N–H and O–H groups in total. The van der Waals surface area contributed by atoms with E-state index in [9.17, 15) is 0 Å². The molecule has 1 saturated carbocycles. The standard InChI is InChI=1S/C25H32N2S/c1-17(2)11-12-27-16-22-14-21(13-18(3)24(22)25(27)19-9-10-19)20-7-6-8-23(15-20)26(4)28-5/h6-8,13-15,17H,9-12,16H2,1-5H3. The van der Waals surface area contributed by atoms with Gasteiger partial charge in [-0.25, -0.2) is 0 Å². The van der Waals surface area contributed by atoms with Crippen molar-refractivity contribution in [3.63, 3.8) is 0 Å². The summed E-state index contributed by atoms with van der Waals surface area (Å²) in [6, 6.07) is 13.7. The average molecular weight is 393 g/mol. The van der Waals surface area contributed by atoms with E-state index in [0.29, 0.717) is 0 Å². The summed E-state index contributed by atoms with van der Waals surface area (Å²) in [7, 11) is 2.12. The van der Waals surface area contributed by atoms with E-state index in [1.807, 2.05) is 0 Å². The van der Waals surface area contributed by atoms with Crippen molar-refractivity contribution in [2.45, 2.75) is 46.6 Å². The fourth-order valence-corrected chi connectivity index (χ4v) is 4.55. The fourth-order valence-electron chi connectivity index (χ4n) is 4.22. The van der Waals surface area contributed by atoms with E-state index < -0.39 is 0 Å². The first kappa shape index (κ1) is 19.4. The smallest absolute Gasteiger partial charge is 0.0472 e. The average Bonchev–Trinajstić information content (AvgIpc) is 3.46. The molecule has 1 fully saturated rings. The second kappa shape index (κ2) is 7.87. The molecule has 0 radical (unpaired) electrons. The zero-order valence-electron chi connectivity index (χ0n) is 17.9. The van der Waals surface area contributed by atoms with Gasteiger partial charge in [0.2, 0.25) is 0 Å². The van der Waals surface area contributed by atoms with Gasteiger partial charge in [0, 0.05) is 43.3 Å². The lowest BCUT2D eigenvalue weighted by atomic mass is 9.95. The Morgan fingerprint density at radius 1 is 1.11 bits per heavy atom. The largest absolute Gasteiger partial charge is 0.367 e. The van der Waals surface area contributed by atoms with E-state index in [1.165, 1.54) is 59.3 Å². The molecular weight excluding hydrogens is 360 g/mol. The van der Waals surface area contributed by atoms with Crippen molar-refractivity contribution in [2.75, 3.05) is 24.2 Å². The number of hydrogen-bond acceptors (Lipinski definition) is 3. The zero-order valence-corrected chi connectivity index (χ0v) is 18.7. The third kappa shape index (κ3) is 3.82. The summed E-state index contributed by atoms with van der Waals surface area (Å²) < 4.78 is 2.22. The van der Waals surface area contributed by atoms with Crippen LogP contribution >= 0.6 is 11.9 Å². The molecule has 2 nitrogen and oxygen atoms in total. The van der Waals surface area contributed by atoms with Crippen LogP contribution in [-0.4, -0.2) is 24.7 Å². The maximum atomic E-state index is 2.65. The Morgan fingerprint density at radius 3 is 2.57 bits per heavy atom. The van der Waals surface area contributed by atoms with Gasteiger partial charge in [0.25, 0.3) is 0 Å². The molecule has 0 atom stereocenters. The molecule has 3 heteroatoms. The van der Waals surface area contributed by atoms with Crippen molar-refractivity contribution in [1.82, 2.24) is 4.90 Å². The number of fused-ring (bicyclic) bond motifs is 1. The summed E-state index contributed by atoms with van der Waals surface area (Å²) in [6.07, 6.45) is 5.96. The molecular formula is C25H32N2S. The molecule has 2 aromatic carbocycles. The second-order valence-corrected chi connectivity index (χ2v) is 9.53. The monoisotopic (exact) mass is 392 g/mol. The molecule has 0 spiro atoms. The highest BCUT2D eigenvalue weighted by molar-refractivity contribution is 7.99. The summed E-state index contributed by atoms with van der Waals surface area (Å²) >= 11 is 1.74. The third-order valence-electron chi connectivity index (χ3n) is 5.96. The maximum Gasteiger partial charge on any atom is 0.0472 e. The van der Waals surface area contributed by atoms with Crippen LogP contribution in [0.25, 0.3) is 16.8 Å². The van der Waals surface area contributed by atoms with Crippen molar-refractivity contribution in [3.8, 4) is 11.1 Å². The topological polar surface area (TPSA) is 6.48 Å². The van der Waals surface area contributed by atoms with Gasteiger partial charge in [-0.2, -0.15) is 0 Å². The van der Waals surface area contributed by atoms with Crippen LogP contribution in [0.4, 0.5) is 5.69 Å². The van der Waals surface area contributed by atoms with Gasteiger partial charge in [-0.1, -0.05) is 44.0 Å². The Balaban J connectivity index is 1.70. The van der Waals surface area contributed by atoms with Crippen LogP contribution in [0, 0.1) is 12.8 Å². The van der Waals surface area contributed by atoms with Gasteiger partial charge in [-0.15, -0.1) is 0 Å². The van der Waals surface area contributed by atoms with Crippen LogP contribution in [0.1, 0.15) is 49.8 Å². The Hall–Kier alpha value is -1.87. The summed E-state index contributed by atoms with van der Waals surface area (Å²) in [6.45, 7) is 9.20. The molecule has 0 unspecified atom stereocenters. The minimum absolute atomic E-state index is 0.752. The fraction of sp³-hybridized carbons (Fsp3) is 0.440. The van der Waals surface area contributed by atoms with E-state index in [-0.39, 0.29) is 0 Å². The first-order chi connectivity index (χ1) is 13.5. The van der Waals surface area contributed by atoms with Gasteiger partial charge in [-0.05, 0) is 78.1 Å². The van der Waals surface area contributed by atoms with Gasteiger partial charge in [0.1, 0.15) is 0 Å². The van der Waals surface area contributed by atoms with Crippen LogP contribution in [0.3, 0.4) is 0 Å². The normalized spacial score (nSPS) is 15.4. The quantitative estimate of drug-likeness (QED) is 0.502. The SMILES string of the molecule is CSN(C)c1cccc(-c2cc(C)c3c(c2)CN(CCC(C)C)C3=C2CC2)c1. The molecule has 1 heterocycles. The van der Waals surface area contributed by atoms with Gasteiger partial charge >= 0.3 is 0 Å². The van der Waals surface area contributed by atoms with E-state index >= 15 is 0 Å². The van der Waals surface area contributed by atoms with Gasteiger partial charge in [-0.3, -0.25) is 0 Å². The molecule has 148 valence electrons. The Kier molecular flexibility index (Phi) is 5.46. The number of anilines is 1. The van der Waals surface area contributed by atoms with Crippen LogP contribution < -0.4 is 4.31 Å². The minimum atomic E-state index is 0.752. The lowest BCUT2D eigenvalue weighted by Gasteiger charge is -2.22. The number of hydrogen-bond donors (Lipinski definition) is 0. The van der Waals surface area contributed by atoms with Gasteiger partial charge < -0.3 is 9.21 Å². The molecule has 2 aromatic rings. The molecule has 0 bridgehead atoms. The second-order valence-electron chi connectivity index (χ2n) is 8.61. The molecule has 0 amide bonds. The Bertz CT molecular complexity index is 907. The lowest BCUT2D eigenvalue weighted by molar-refractivity contribution is 0.371. The molecule has 28 heavy (non-hydrogen) atoms. The highest BCUT2D eigenvalue weighted by Crippen LogP contribution is 2.46. The van der Waals surface area contributed by atoms with Gasteiger partial charge in [0.05, 0.1) is 0 Å². The molecule has 0 saturated heterocycles. The number of nitrogens with zero attached hydrogens (tertiary/aromatic N) is 2. The molecule has 1 aliphatic heterocycles. The van der Waals surface area contributed by atoms with E-state index in [0.717, 1.165) is 12.5 Å². The summed E-state index contributed by atoms with van der Waals surface area (Å²) in [5.74, 6) is 0.752. The van der Waals surface area contributed by atoms with Crippen LogP contribution in [0.5, 0.6) is 0 Å². The summed E-state index contributed by atoms with van der Waals surface area (Å²) in [4.78, 5) is 2.65. The van der Waals surface area contributed by atoms with Gasteiger partial charge in [0.15, 0.2) is 0 Å². The molecule has 1 aliphatic carbocycles. The minimum Gasteiger partial charge on any atom is -0.367 e. The van der Waals surface area contributed by atoms with Crippen LogP contribution in [-0.2, 0) is 6.54 Å². The lowest BCUT2D eigenvalue weighted by Crippen LogP contribution is -2.18. The summed E-state index contributed by atoms with van der Waals surface area (Å²) in [5, 5.41) is 0. The number of benzene rings is 2. The van der Waals surface area contributed by atoms with Crippen molar-refractivity contribution in [1.29, 1.82) is 0 Å². The van der Waals surface area contributed by atoms with E-state index in [1.54, 1.807) is 23.2 Å². The van der Waals surface area contributed by atoms with Crippen molar-refractivity contribution >= 4 is 23.3 Å². The number of allylic oxidation sites excluding steroid dienone is 1. The zero-order chi connectivity index (χ0) is 19.8. The predicted octanol–water partition coefficient (Wildman–Crippen LogP) is 6.74. The van der Waals surface area contributed by atoms with Crippen molar-refractivity contribution < 1.29 is 0 Å². The van der Waals surface area contributed by atoms with E-state index in [4.69, 9.17) is 0 Å². The summed E-state index contributed by atoms with van der Waals surface area (Å²) in [5.41, 5.74) is 11.6. The molecule has 2 aliphatic rings. The molecule has 0 aromatic heterocycles. The molecule has 4 rings (SSSR count). The first-order valence-corrected chi connectivity index (χ1v) is 11.6. The van der Waals surface area contributed by atoms with Crippen LogP contribution in [0.2, 0.25) is 0 Å². The van der Waals surface area contributed by atoms with Crippen LogP contribution in [0.15, 0.2) is 42.0 Å². The highest BCUT2D eigenvalue weighted by Gasteiger charge is 2.32. The van der Waals surface area contributed by atoms with Crippen molar-refractivity contribution in [2.24, 2.45) is 5.92 Å². The highest BCUT2D eigenvalue weighted by atomic mass is 32.2. The number of rotatable bonds is 6. The Labute approximate surface area is 174 Å². The first-order valence-electron chi connectivity index (χ1n) is 10.5. The Morgan fingerprint density at radius 2 is 1.89 bits per heavy atom.